The van der Waals surface area contributed by atoms with Crippen LogP contribution in [0.2, 0.25) is 0 Å². The molecule has 2 rings (SSSR count). The van der Waals surface area contributed by atoms with Crippen molar-refractivity contribution in [2.75, 3.05) is 12.3 Å². The molecule has 1 aliphatic rings. The van der Waals surface area contributed by atoms with E-state index >= 15 is 0 Å². The van der Waals surface area contributed by atoms with E-state index in [4.69, 9.17) is 10.5 Å². The van der Waals surface area contributed by atoms with E-state index in [1.165, 1.54) is 17.4 Å². The van der Waals surface area contributed by atoms with Crippen LogP contribution in [0.4, 0.5) is 10.5 Å². The topological polar surface area (TPSA) is 79.6 Å². The van der Waals surface area contributed by atoms with Crippen LogP contribution in [0.5, 0.6) is 0 Å². The third-order valence-electron chi connectivity index (χ3n) is 2.78. The van der Waals surface area contributed by atoms with Crippen molar-refractivity contribution in [3.8, 4) is 0 Å². The van der Waals surface area contributed by atoms with Gasteiger partial charge in [-0.15, -0.1) is 0 Å². The highest BCUT2D eigenvalue weighted by Crippen LogP contribution is 2.13. The first-order valence-electron chi connectivity index (χ1n) is 6.37. The van der Waals surface area contributed by atoms with Gasteiger partial charge in [0.15, 0.2) is 0 Å². The minimum absolute atomic E-state index is 0.247. The highest BCUT2D eigenvalue weighted by molar-refractivity contribution is 5.77. The fraction of sp³-hybridized carbons (Fsp3) is 0.214. The first-order valence-corrected chi connectivity index (χ1v) is 6.37. The van der Waals surface area contributed by atoms with Crippen molar-refractivity contribution in [1.82, 2.24) is 15.5 Å². The quantitative estimate of drug-likeness (QED) is 0.578. The van der Waals surface area contributed by atoms with Crippen molar-refractivity contribution < 1.29 is 9.53 Å². The molecule has 20 heavy (non-hydrogen) atoms. The second-order valence-electron chi connectivity index (χ2n) is 4.22. The minimum Gasteiger partial charge on any atom is -0.470 e. The molecule has 1 aliphatic heterocycles. The largest absolute Gasteiger partial charge is 0.470 e. The summed E-state index contributed by atoms with van der Waals surface area (Å²) in [6.07, 6.45) is 5.68. The van der Waals surface area contributed by atoms with Crippen LogP contribution in [0.1, 0.15) is 18.7 Å². The van der Waals surface area contributed by atoms with Gasteiger partial charge in [-0.3, -0.25) is 10.2 Å². The SMILES string of the molecule is CCNC(NC(=O)N1C=COC=C1)c1ccc(N)cc1. The second-order valence-corrected chi connectivity index (χ2v) is 4.22. The van der Waals surface area contributed by atoms with E-state index in [0.29, 0.717) is 5.69 Å². The van der Waals surface area contributed by atoms with Gasteiger partial charge in [0.1, 0.15) is 18.7 Å². The maximum atomic E-state index is 12.1. The van der Waals surface area contributed by atoms with Crippen molar-refractivity contribution in [2.45, 2.75) is 13.1 Å². The fourth-order valence-electron chi connectivity index (χ4n) is 1.77. The van der Waals surface area contributed by atoms with Gasteiger partial charge >= 0.3 is 6.03 Å². The molecule has 6 heteroatoms. The molecule has 2 amide bonds. The summed E-state index contributed by atoms with van der Waals surface area (Å²) in [5.74, 6) is 0. The summed E-state index contributed by atoms with van der Waals surface area (Å²) in [6.45, 7) is 2.70. The van der Waals surface area contributed by atoms with Gasteiger partial charge in [-0.05, 0) is 24.2 Å². The van der Waals surface area contributed by atoms with Gasteiger partial charge in [-0.1, -0.05) is 19.1 Å². The van der Waals surface area contributed by atoms with E-state index in [9.17, 15) is 4.79 Å². The molecule has 6 nitrogen and oxygen atoms in total. The molecule has 0 saturated heterocycles. The number of anilines is 1. The number of nitrogens with two attached hydrogens (primary N) is 1. The van der Waals surface area contributed by atoms with Crippen molar-refractivity contribution in [3.05, 3.63) is 54.8 Å². The number of rotatable bonds is 4. The standard InChI is InChI=1S/C14H18N4O2/c1-2-16-13(11-3-5-12(15)6-4-11)17-14(19)18-7-9-20-10-8-18/h3-10,13,16H,2,15H2,1H3,(H,17,19). The molecule has 0 saturated carbocycles. The molecule has 0 aromatic heterocycles. The highest BCUT2D eigenvalue weighted by Gasteiger charge is 2.16. The Morgan fingerprint density at radius 2 is 1.95 bits per heavy atom. The normalized spacial score (nSPS) is 14.8. The predicted octanol–water partition coefficient (Wildman–Crippen LogP) is 1.86. The molecular weight excluding hydrogens is 256 g/mol. The van der Waals surface area contributed by atoms with Gasteiger partial charge in [0.2, 0.25) is 0 Å². The molecule has 0 bridgehead atoms. The van der Waals surface area contributed by atoms with Crippen LogP contribution in [0.15, 0.2) is 49.2 Å². The molecule has 1 unspecified atom stereocenters. The summed E-state index contributed by atoms with van der Waals surface area (Å²) in [5, 5.41) is 6.11. The van der Waals surface area contributed by atoms with Crippen LogP contribution in [0, 0.1) is 0 Å². The minimum atomic E-state index is -0.280. The van der Waals surface area contributed by atoms with Gasteiger partial charge in [-0.25, -0.2) is 4.79 Å². The van der Waals surface area contributed by atoms with Crippen molar-refractivity contribution in [2.24, 2.45) is 0 Å². The number of nitrogens with one attached hydrogen (secondary N) is 2. The fourth-order valence-corrected chi connectivity index (χ4v) is 1.77. The number of carbonyl (C=O) groups is 1. The average molecular weight is 274 g/mol. The van der Waals surface area contributed by atoms with E-state index in [-0.39, 0.29) is 12.2 Å². The van der Waals surface area contributed by atoms with Crippen LogP contribution < -0.4 is 16.4 Å². The summed E-state index contributed by atoms with van der Waals surface area (Å²) in [5.41, 5.74) is 7.30. The van der Waals surface area contributed by atoms with Crippen LogP contribution in [0.3, 0.4) is 0 Å². The maximum absolute atomic E-state index is 12.1. The zero-order valence-electron chi connectivity index (χ0n) is 11.2. The number of hydrogen-bond acceptors (Lipinski definition) is 4. The van der Waals surface area contributed by atoms with Gasteiger partial charge in [0.05, 0.1) is 0 Å². The monoisotopic (exact) mass is 274 g/mol. The molecule has 0 aliphatic carbocycles. The lowest BCUT2D eigenvalue weighted by atomic mass is 10.1. The maximum Gasteiger partial charge on any atom is 0.327 e. The lowest BCUT2D eigenvalue weighted by Crippen LogP contribution is -2.42. The molecule has 0 radical (unpaired) electrons. The van der Waals surface area contributed by atoms with E-state index in [1.54, 1.807) is 24.5 Å². The van der Waals surface area contributed by atoms with Crippen molar-refractivity contribution in [3.63, 3.8) is 0 Å². The highest BCUT2D eigenvalue weighted by atomic mass is 16.5. The summed E-state index contributed by atoms with van der Waals surface area (Å²) in [6, 6.07) is 7.13. The summed E-state index contributed by atoms with van der Waals surface area (Å²) in [7, 11) is 0. The number of nitrogen functional groups attached to an aromatic ring is 1. The molecule has 4 N–H and O–H groups in total. The first-order chi connectivity index (χ1) is 9.70. The Labute approximate surface area is 117 Å². The summed E-state index contributed by atoms with van der Waals surface area (Å²) >= 11 is 0. The number of carbonyl (C=O) groups excluding carboxylic acids is 1. The number of urea groups is 1. The molecule has 106 valence electrons. The zero-order chi connectivity index (χ0) is 14.4. The van der Waals surface area contributed by atoms with Crippen LogP contribution in [-0.2, 0) is 4.74 Å². The predicted molar refractivity (Wildman–Crippen MR) is 77.0 cm³/mol. The molecule has 1 aromatic carbocycles. The molecule has 1 atom stereocenters. The molecule has 1 aromatic rings. The summed E-state index contributed by atoms with van der Waals surface area (Å²) < 4.78 is 4.89. The zero-order valence-corrected chi connectivity index (χ0v) is 11.2. The molecule has 0 fully saturated rings. The summed E-state index contributed by atoms with van der Waals surface area (Å²) in [4.78, 5) is 13.5. The van der Waals surface area contributed by atoms with Crippen LogP contribution >= 0.6 is 0 Å². The Balaban J connectivity index is 2.07. The average Bonchev–Trinajstić information content (AvgIpc) is 2.48. The van der Waals surface area contributed by atoms with Crippen LogP contribution in [-0.4, -0.2) is 17.5 Å². The number of hydrogen-bond donors (Lipinski definition) is 3. The Bertz CT molecular complexity index is 498. The Morgan fingerprint density at radius 1 is 1.30 bits per heavy atom. The lowest BCUT2D eigenvalue weighted by molar-refractivity contribution is 0.215. The van der Waals surface area contributed by atoms with Gasteiger partial charge in [0.25, 0.3) is 0 Å². The second kappa shape index (κ2) is 6.63. The number of benzene rings is 1. The Hall–Kier alpha value is -2.47. The first kappa shape index (κ1) is 14.0. The van der Waals surface area contributed by atoms with E-state index < -0.39 is 0 Å². The van der Waals surface area contributed by atoms with Crippen molar-refractivity contribution in [1.29, 1.82) is 0 Å². The molecule has 0 spiro atoms. The molecule has 1 heterocycles. The number of amides is 2. The number of ether oxygens (including phenoxy) is 1. The van der Waals surface area contributed by atoms with E-state index in [1.807, 2.05) is 19.1 Å². The van der Waals surface area contributed by atoms with E-state index in [0.717, 1.165) is 12.1 Å². The molecular formula is C14H18N4O2. The van der Waals surface area contributed by atoms with E-state index in [2.05, 4.69) is 10.6 Å². The third-order valence-corrected chi connectivity index (χ3v) is 2.78. The third kappa shape index (κ3) is 3.52. The van der Waals surface area contributed by atoms with Gasteiger partial charge in [0, 0.05) is 18.1 Å². The number of nitrogens with zero attached hydrogens (tertiary/aromatic N) is 1. The van der Waals surface area contributed by atoms with Gasteiger partial charge in [-0.2, -0.15) is 0 Å². The van der Waals surface area contributed by atoms with Crippen molar-refractivity contribution >= 4 is 11.7 Å². The Kier molecular flexibility index (Phi) is 4.62. The van der Waals surface area contributed by atoms with Gasteiger partial charge < -0.3 is 15.8 Å². The smallest absolute Gasteiger partial charge is 0.327 e. The van der Waals surface area contributed by atoms with Crippen LogP contribution in [0.25, 0.3) is 0 Å². The Morgan fingerprint density at radius 3 is 2.55 bits per heavy atom. The lowest BCUT2D eigenvalue weighted by Gasteiger charge is -2.23.